The van der Waals surface area contributed by atoms with Crippen molar-refractivity contribution in [2.24, 2.45) is 5.73 Å². The zero-order valence-electron chi connectivity index (χ0n) is 10.1. The number of nitrogens with one attached hydrogen (secondary N) is 1. The van der Waals surface area contributed by atoms with Gasteiger partial charge in [0, 0.05) is 0 Å². The van der Waals surface area contributed by atoms with Crippen LogP contribution >= 0.6 is 0 Å². The molecule has 1 heterocycles. The van der Waals surface area contributed by atoms with Gasteiger partial charge >= 0.3 is 0 Å². The van der Waals surface area contributed by atoms with Gasteiger partial charge in [0.1, 0.15) is 11.5 Å². The molecule has 16 heavy (non-hydrogen) atoms. The maximum Gasteiger partial charge on any atom is 0.237 e. The Kier molecular flexibility index (Phi) is 4.55. The quantitative estimate of drug-likeness (QED) is 0.802. The summed E-state index contributed by atoms with van der Waals surface area (Å²) in [6.07, 6.45) is 1.61. The van der Waals surface area contributed by atoms with Gasteiger partial charge in [-0.3, -0.25) is 4.79 Å². The summed E-state index contributed by atoms with van der Waals surface area (Å²) in [4.78, 5) is 11.6. The summed E-state index contributed by atoms with van der Waals surface area (Å²) in [6, 6.07) is 3.18. The van der Waals surface area contributed by atoms with Crippen LogP contribution in [0.5, 0.6) is 0 Å². The SMILES string of the molecule is CCC[C@H](N)C(=O)NC(C)c1ccc(C)o1. The van der Waals surface area contributed by atoms with Gasteiger partial charge in [-0.25, -0.2) is 0 Å². The van der Waals surface area contributed by atoms with Crippen molar-refractivity contribution >= 4 is 5.91 Å². The molecule has 0 saturated carbocycles. The predicted octanol–water partition coefficient (Wildman–Crippen LogP) is 1.89. The summed E-state index contributed by atoms with van der Waals surface area (Å²) in [7, 11) is 0. The first-order valence-electron chi connectivity index (χ1n) is 5.67. The maximum absolute atomic E-state index is 11.6. The van der Waals surface area contributed by atoms with Crippen LogP contribution in [0.25, 0.3) is 0 Å². The van der Waals surface area contributed by atoms with Crippen molar-refractivity contribution in [1.29, 1.82) is 0 Å². The second-order valence-electron chi connectivity index (χ2n) is 4.07. The van der Waals surface area contributed by atoms with Crippen LogP contribution in [0.2, 0.25) is 0 Å². The van der Waals surface area contributed by atoms with Gasteiger partial charge in [0.15, 0.2) is 0 Å². The first-order chi connectivity index (χ1) is 7.54. The van der Waals surface area contributed by atoms with Crippen molar-refractivity contribution in [3.63, 3.8) is 0 Å². The molecule has 0 radical (unpaired) electrons. The van der Waals surface area contributed by atoms with E-state index < -0.39 is 6.04 Å². The Hall–Kier alpha value is -1.29. The molecule has 0 fully saturated rings. The minimum atomic E-state index is -0.427. The number of hydrogen-bond donors (Lipinski definition) is 2. The van der Waals surface area contributed by atoms with Crippen molar-refractivity contribution in [3.05, 3.63) is 23.7 Å². The second kappa shape index (κ2) is 5.70. The molecular weight excluding hydrogens is 204 g/mol. The van der Waals surface area contributed by atoms with Crippen molar-refractivity contribution < 1.29 is 9.21 Å². The summed E-state index contributed by atoms with van der Waals surface area (Å²) in [6.45, 7) is 5.77. The molecule has 0 saturated heterocycles. The molecule has 1 rings (SSSR count). The first-order valence-corrected chi connectivity index (χ1v) is 5.67. The van der Waals surface area contributed by atoms with Gasteiger partial charge in [-0.15, -0.1) is 0 Å². The van der Waals surface area contributed by atoms with Crippen LogP contribution < -0.4 is 11.1 Å². The third-order valence-corrected chi connectivity index (χ3v) is 2.48. The molecule has 0 spiro atoms. The Morgan fingerprint density at radius 3 is 2.75 bits per heavy atom. The molecule has 3 N–H and O–H groups in total. The third kappa shape index (κ3) is 3.38. The van der Waals surface area contributed by atoms with Crippen molar-refractivity contribution in [2.45, 2.75) is 45.7 Å². The first kappa shape index (κ1) is 12.8. The van der Waals surface area contributed by atoms with Gasteiger partial charge in [0.2, 0.25) is 5.91 Å². The summed E-state index contributed by atoms with van der Waals surface area (Å²) in [5.41, 5.74) is 5.72. The Bertz CT molecular complexity index is 347. The Morgan fingerprint density at radius 1 is 1.56 bits per heavy atom. The molecule has 0 aliphatic rings. The van der Waals surface area contributed by atoms with Crippen molar-refractivity contribution in [1.82, 2.24) is 5.32 Å². The molecule has 0 bridgehead atoms. The van der Waals surface area contributed by atoms with Gasteiger partial charge in [-0.2, -0.15) is 0 Å². The highest BCUT2D eigenvalue weighted by Gasteiger charge is 2.17. The van der Waals surface area contributed by atoms with E-state index >= 15 is 0 Å². The average molecular weight is 224 g/mol. The van der Waals surface area contributed by atoms with Crippen LogP contribution in [-0.2, 0) is 4.79 Å². The monoisotopic (exact) mass is 224 g/mol. The van der Waals surface area contributed by atoms with Gasteiger partial charge < -0.3 is 15.5 Å². The molecule has 0 aliphatic heterocycles. The average Bonchev–Trinajstić information content (AvgIpc) is 2.65. The number of carbonyl (C=O) groups is 1. The van der Waals surface area contributed by atoms with Gasteiger partial charge in [-0.05, 0) is 32.4 Å². The molecule has 2 atom stereocenters. The molecule has 90 valence electrons. The summed E-state index contributed by atoms with van der Waals surface area (Å²) in [5, 5.41) is 2.84. The van der Waals surface area contributed by atoms with Crippen LogP contribution in [0.1, 0.15) is 44.3 Å². The predicted molar refractivity (Wildman–Crippen MR) is 62.9 cm³/mol. The van der Waals surface area contributed by atoms with Gasteiger partial charge in [-0.1, -0.05) is 13.3 Å². The lowest BCUT2D eigenvalue weighted by molar-refractivity contribution is -0.123. The van der Waals surface area contributed by atoms with E-state index in [4.69, 9.17) is 10.2 Å². The second-order valence-corrected chi connectivity index (χ2v) is 4.07. The molecule has 4 nitrogen and oxygen atoms in total. The molecule has 0 aliphatic carbocycles. The molecule has 1 aromatic heterocycles. The maximum atomic E-state index is 11.6. The number of nitrogens with two attached hydrogens (primary N) is 1. The molecule has 4 heteroatoms. The van der Waals surface area contributed by atoms with E-state index in [0.717, 1.165) is 17.9 Å². The Labute approximate surface area is 96.2 Å². The smallest absolute Gasteiger partial charge is 0.237 e. The third-order valence-electron chi connectivity index (χ3n) is 2.48. The van der Waals surface area contributed by atoms with Gasteiger partial charge in [0.05, 0.1) is 12.1 Å². The number of carbonyl (C=O) groups excluding carboxylic acids is 1. The number of hydrogen-bond acceptors (Lipinski definition) is 3. The van der Waals surface area contributed by atoms with E-state index in [1.807, 2.05) is 32.9 Å². The number of amides is 1. The van der Waals surface area contributed by atoms with Crippen molar-refractivity contribution in [2.75, 3.05) is 0 Å². The van der Waals surface area contributed by atoms with Crippen molar-refractivity contribution in [3.8, 4) is 0 Å². The molecule has 1 amide bonds. The number of furan rings is 1. The molecule has 0 aromatic carbocycles. The van der Waals surface area contributed by atoms with E-state index in [1.54, 1.807) is 0 Å². The Morgan fingerprint density at radius 2 is 2.25 bits per heavy atom. The lowest BCUT2D eigenvalue weighted by atomic mass is 10.1. The lowest BCUT2D eigenvalue weighted by Crippen LogP contribution is -2.41. The lowest BCUT2D eigenvalue weighted by Gasteiger charge is -2.15. The van der Waals surface area contributed by atoms with Crippen LogP contribution in [0, 0.1) is 6.92 Å². The van der Waals surface area contributed by atoms with E-state index in [0.29, 0.717) is 6.42 Å². The van der Waals surface area contributed by atoms with E-state index in [1.165, 1.54) is 0 Å². The highest BCUT2D eigenvalue weighted by molar-refractivity contribution is 5.81. The fourth-order valence-corrected chi connectivity index (χ4v) is 1.52. The normalized spacial score (nSPS) is 14.5. The molecular formula is C12H20N2O2. The summed E-state index contributed by atoms with van der Waals surface area (Å²) >= 11 is 0. The minimum Gasteiger partial charge on any atom is -0.464 e. The highest BCUT2D eigenvalue weighted by atomic mass is 16.3. The Balaban J connectivity index is 2.51. The standard InChI is InChI=1S/C12H20N2O2/c1-4-5-10(13)12(15)14-9(3)11-7-6-8(2)16-11/h6-7,9-10H,4-5,13H2,1-3H3,(H,14,15)/t9?,10-/m0/s1. The number of aryl methyl sites for hydroxylation is 1. The molecule has 1 unspecified atom stereocenters. The van der Waals surface area contributed by atoms with Crippen LogP contribution in [-0.4, -0.2) is 11.9 Å². The fraction of sp³-hybridized carbons (Fsp3) is 0.583. The number of rotatable bonds is 5. The van der Waals surface area contributed by atoms with E-state index in [9.17, 15) is 4.79 Å². The van der Waals surface area contributed by atoms with Gasteiger partial charge in [0.25, 0.3) is 0 Å². The van der Waals surface area contributed by atoms with Crippen LogP contribution in [0.3, 0.4) is 0 Å². The van der Waals surface area contributed by atoms with Crippen LogP contribution in [0.15, 0.2) is 16.5 Å². The van der Waals surface area contributed by atoms with E-state index in [-0.39, 0.29) is 11.9 Å². The molecule has 1 aromatic rings. The zero-order valence-corrected chi connectivity index (χ0v) is 10.1. The topological polar surface area (TPSA) is 68.3 Å². The fourth-order valence-electron chi connectivity index (χ4n) is 1.52. The highest BCUT2D eigenvalue weighted by Crippen LogP contribution is 2.15. The summed E-state index contributed by atoms with van der Waals surface area (Å²) in [5.74, 6) is 1.48. The van der Waals surface area contributed by atoms with Crippen LogP contribution in [0.4, 0.5) is 0 Å². The zero-order chi connectivity index (χ0) is 12.1. The minimum absolute atomic E-state index is 0.122. The largest absolute Gasteiger partial charge is 0.464 e. The van der Waals surface area contributed by atoms with E-state index in [2.05, 4.69) is 5.32 Å². The summed E-state index contributed by atoms with van der Waals surface area (Å²) < 4.78 is 5.43.